The van der Waals surface area contributed by atoms with Gasteiger partial charge < -0.3 is 15.2 Å². The van der Waals surface area contributed by atoms with E-state index in [0.29, 0.717) is 24.5 Å². The van der Waals surface area contributed by atoms with Crippen LogP contribution in [-0.2, 0) is 29.0 Å². The van der Waals surface area contributed by atoms with Gasteiger partial charge in [0, 0.05) is 12.8 Å². The zero-order valence-corrected chi connectivity index (χ0v) is 15.2. The van der Waals surface area contributed by atoms with E-state index in [0.717, 1.165) is 5.56 Å². The molecule has 0 aliphatic heterocycles. The number of nitrogens with one attached hydrogen (secondary N) is 1. The molecule has 8 heteroatoms. The van der Waals surface area contributed by atoms with Gasteiger partial charge in [0.2, 0.25) is 0 Å². The molecule has 26 heavy (non-hydrogen) atoms. The molecule has 1 heterocycles. The van der Waals surface area contributed by atoms with E-state index in [2.05, 4.69) is 15.4 Å². The van der Waals surface area contributed by atoms with Crippen molar-refractivity contribution in [3.05, 3.63) is 47.5 Å². The first-order chi connectivity index (χ1) is 12.5. The Hall–Kier alpha value is -2.90. The van der Waals surface area contributed by atoms with Crippen LogP contribution in [0.4, 0.5) is 4.79 Å². The Balaban J connectivity index is 2.06. The Morgan fingerprint density at radius 1 is 1.23 bits per heavy atom. The second-order valence-electron chi connectivity index (χ2n) is 5.86. The smallest absolute Gasteiger partial charge is 0.408 e. The SMILES string of the molecule is CCc1nc(CC)n(C(C)C(NC(=O)OCc2ccccc2)C(=O)O)n1. The second-order valence-corrected chi connectivity index (χ2v) is 5.86. The largest absolute Gasteiger partial charge is 0.480 e. The second kappa shape index (κ2) is 8.98. The number of carbonyl (C=O) groups excluding carboxylic acids is 1. The maximum absolute atomic E-state index is 12.0. The van der Waals surface area contributed by atoms with Gasteiger partial charge in [-0.05, 0) is 12.5 Å². The summed E-state index contributed by atoms with van der Waals surface area (Å²) in [6.45, 7) is 5.60. The molecule has 2 unspecified atom stereocenters. The van der Waals surface area contributed by atoms with Crippen molar-refractivity contribution in [2.75, 3.05) is 0 Å². The van der Waals surface area contributed by atoms with Crippen LogP contribution in [0.1, 0.15) is 44.0 Å². The standard InChI is InChI=1S/C18H24N4O4/c1-4-14-19-15(5-2)22(21-14)12(3)16(17(23)24)20-18(25)26-11-13-9-7-6-8-10-13/h6-10,12,16H,4-5,11H2,1-3H3,(H,20,25)(H,23,24). The quantitative estimate of drug-likeness (QED) is 0.748. The molecular formula is C18H24N4O4. The molecule has 0 aliphatic rings. The van der Waals surface area contributed by atoms with Crippen LogP contribution < -0.4 is 5.32 Å². The molecule has 0 spiro atoms. The summed E-state index contributed by atoms with van der Waals surface area (Å²) in [4.78, 5) is 28.1. The normalized spacial score (nSPS) is 13.0. The van der Waals surface area contributed by atoms with E-state index in [1.807, 2.05) is 44.2 Å². The molecule has 0 saturated heterocycles. The Morgan fingerprint density at radius 2 is 1.92 bits per heavy atom. The number of carbonyl (C=O) groups is 2. The number of nitrogens with zero attached hydrogens (tertiary/aromatic N) is 3. The van der Waals surface area contributed by atoms with Crippen molar-refractivity contribution in [2.24, 2.45) is 0 Å². The molecule has 2 aromatic rings. The highest BCUT2D eigenvalue weighted by Gasteiger charge is 2.30. The van der Waals surface area contributed by atoms with Gasteiger partial charge in [-0.2, -0.15) is 5.10 Å². The zero-order valence-electron chi connectivity index (χ0n) is 15.2. The summed E-state index contributed by atoms with van der Waals surface area (Å²) in [6.07, 6.45) is 0.473. The van der Waals surface area contributed by atoms with Gasteiger partial charge in [0.1, 0.15) is 12.4 Å². The van der Waals surface area contributed by atoms with Crippen LogP contribution in [0.3, 0.4) is 0 Å². The lowest BCUT2D eigenvalue weighted by Gasteiger charge is -2.22. The summed E-state index contributed by atoms with van der Waals surface area (Å²) in [6, 6.07) is 7.37. The number of amides is 1. The molecule has 8 nitrogen and oxygen atoms in total. The molecule has 0 fully saturated rings. The maximum atomic E-state index is 12.0. The zero-order chi connectivity index (χ0) is 19.1. The number of aliphatic carboxylic acids is 1. The van der Waals surface area contributed by atoms with Gasteiger partial charge in [-0.3, -0.25) is 0 Å². The third-order valence-corrected chi connectivity index (χ3v) is 4.00. The molecule has 140 valence electrons. The number of aryl methyl sites for hydroxylation is 2. The number of hydrogen-bond acceptors (Lipinski definition) is 5. The molecule has 1 aromatic heterocycles. The number of hydrogen-bond donors (Lipinski definition) is 2. The Labute approximate surface area is 152 Å². The van der Waals surface area contributed by atoms with Crippen LogP contribution in [0.2, 0.25) is 0 Å². The van der Waals surface area contributed by atoms with Gasteiger partial charge in [-0.1, -0.05) is 44.2 Å². The van der Waals surface area contributed by atoms with Crippen molar-refractivity contribution >= 4 is 12.1 Å². The van der Waals surface area contributed by atoms with Crippen molar-refractivity contribution in [2.45, 2.75) is 52.3 Å². The first kappa shape index (κ1) is 19.4. The van der Waals surface area contributed by atoms with E-state index in [9.17, 15) is 14.7 Å². The highest BCUT2D eigenvalue weighted by Crippen LogP contribution is 2.15. The molecule has 1 amide bonds. The number of carboxylic acids is 1. The third kappa shape index (κ3) is 4.81. The molecule has 2 rings (SSSR count). The molecule has 0 radical (unpaired) electrons. The number of rotatable bonds is 8. The minimum atomic E-state index is -1.19. The fourth-order valence-electron chi connectivity index (χ4n) is 2.54. The van der Waals surface area contributed by atoms with Gasteiger partial charge >= 0.3 is 12.1 Å². The molecule has 0 saturated carbocycles. The van der Waals surface area contributed by atoms with Crippen molar-refractivity contribution in [1.29, 1.82) is 0 Å². The maximum Gasteiger partial charge on any atom is 0.408 e. The molecule has 0 bridgehead atoms. The molecule has 2 N–H and O–H groups in total. The average molecular weight is 360 g/mol. The van der Waals surface area contributed by atoms with Crippen LogP contribution in [0, 0.1) is 0 Å². The minimum Gasteiger partial charge on any atom is -0.480 e. The van der Waals surface area contributed by atoms with E-state index < -0.39 is 24.1 Å². The average Bonchev–Trinajstić information content (AvgIpc) is 3.08. The molecular weight excluding hydrogens is 336 g/mol. The monoisotopic (exact) mass is 360 g/mol. The van der Waals surface area contributed by atoms with Gasteiger partial charge in [-0.15, -0.1) is 0 Å². The Bertz CT molecular complexity index is 745. The highest BCUT2D eigenvalue weighted by atomic mass is 16.5. The summed E-state index contributed by atoms with van der Waals surface area (Å²) < 4.78 is 6.68. The lowest BCUT2D eigenvalue weighted by molar-refractivity contribution is -0.140. The van der Waals surface area contributed by atoms with E-state index in [1.54, 1.807) is 11.6 Å². The van der Waals surface area contributed by atoms with E-state index in [4.69, 9.17) is 4.74 Å². The fourth-order valence-corrected chi connectivity index (χ4v) is 2.54. The molecule has 0 aliphatic carbocycles. The van der Waals surface area contributed by atoms with Gasteiger partial charge in [0.15, 0.2) is 11.9 Å². The summed E-state index contributed by atoms with van der Waals surface area (Å²) in [5.74, 6) is 0.161. The minimum absolute atomic E-state index is 0.0664. The van der Waals surface area contributed by atoms with E-state index in [-0.39, 0.29) is 6.61 Å². The summed E-state index contributed by atoms with van der Waals surface area (Å²) in [7, 11) is 0. The van der Waals surface area contributed by atoms with Crippen molar-refractivity contribution in [1.82, 2.24) is 20.1 Å². The number of ether oxygens (including phenoxy) is 1. The van der Waals surface area contributed by atoms with Crippen LogP contribution in [0.25, 0.3) is 0 Å². The number of alkyl carbamates (subject to hydrolysis) is 1. The predicted molar refractivity (Wildman–Crippen MR) is 94.7 cm³/mol. The number of carboxylic acid groups (broad SMARTS) is 1. The van der Waals surface area contributed by atoms with Crippen LogP contribution in [0.15, 0.2) is 30.3 Å². The van der Waals surface area contributed by atoms with Crippen LogP contribution >= 0.6 is 0 Å². The first-order valence-electron chi connectivity index (χ1n) is 8.60. The van der Waals surface area contributed by atoms with Crippen LogP contribution in [-0.4, -0.2) is 38.0 Å². The lowest BCUT2D eigenvalue weighted by atomic mass is 10.1. The van der Waals surface area contributed by atoms with Gasteiger partial charge in [0.25, 0.3) is 0 Å². The molecule has 1 aromatic carbocycles. The van der Waals surface area contributed by atoms with Crippen LogP contribution in [0.5, 0.6) is 0 Å². The predicted octanol–water partition coefficient (Wildman–Crippen LogP) is 2.34. The fraction of sp³-hybridized carbons (Fsp3) is 0.444. The summed E-state index contributed by atoms with van der Waals surface area (Å²) in [5, 5.41) is 16.3. The summed E-state index contributed by atoms with van der Waals surface area (Å²) >= 11 is 0. The highest BCUT2D eigenvalue weighted by molar-refractivity contribution is 5.80. The van der Waals surface area contributed by atoms with Gasteiger partial charge in [0.05, 0.1) is 6.04 Å². The Kier molecular flexibility index (Phi) is 6.71. The first-order valence-corrected chi connectivity index (χ1v) is 8.60. The topological polar surface area (TPSA) is 106 Å². The third-order valence-electron chi connectivity index (χ3n) is 4.00. The van der Waals surface area contributed by atoms with Gasteiger partial charge in [-0.25, -0.2) is 19.3 Å². The van der Waals surface area contributed by atoms with E-state index >= 15 is 0 Å². The van der Waals surface area contributed by atoms with E-state index in [1.165, 1.54) is 0 Å². The number of aromatic nitrogens is 3. The van der Waals surface area contributed by atoms with Crippen molar-refractivity contribution in [3.8, 4) is 0 Å². The molecule has 2 atom stereocenters. The van der Waals surface area contributed by atoms with Crippen molar-refractivity contribution < 1.29 is 19.4 Å². The van der Waals surface area contributed by atoms with Crippen molar-refractivity contribution in [3.63, 3.8) is 0 Å². The summed E-state index contributed by atoms with van der Waals surface area (Å²) in [5.41, 5.74) is 0.819. The Morgan fingerprint density at radius 3 is 2.50 bits per heavy atom. The lowest BCUT2D eigenvalue weighted by Crippen LogP contribution is -2.46. The number of benzene rings is 1.